The zero-order valence-corrected chi connectivity index (χ0v) is 26.9. The molecule has 3 aromatic rings. The number of alkyl halides is 3. The summed E-state index contributed by atoms with van der Waals surface area (Å²) in [6.07, 6.45) is -0.0719. The lowest BCUT2D eigenvalue weighted by molar-refractivity contribution is -0.137. The van der Waals surface area contributed by atoms with Crippen molar-refractivity contribution in [2.45, 2.75) is 76.2 Å². The quantitative estimate of drug-likeness (QED) is 0.267. The summed E-state index contributed by atoms with van der Waals surface area (Å²) in [6.45, 7) is 7.32. The Hall–Kier alpha value is -4.35. The van der Waals surface area contributed by atoms with Crippen LogP contribution in [0, 0.1) is 5.82 Å². The highest BCUT2D eigenvalue weighted by Gasteiger charge is 2.41. The summed E-state index contributed by atoms with van der Waals surface area (Å²) >= 11 is 0. The fraction of sp³-hybridized carbons (Fsp3) is 0.457. The smallest absolute Gasteiger partial charge is 0.416 e. The number of anilines is 1. The van der Waals surface area contributed by atoms with E-state index in [1.807, 2.05) is 31.7 Å². The van der Waals surface area contributed by atoms with Gasteiger partial charge in [0.1, 0.15) is 17.0 Å². The van der Waals surface area contributed by atoms with Crippen molar-refractivity contribution in [2.24, 2.45) is 0 Å². The number of benzene rings is 2. The molecular formula is C35H41F4N5O3. The Balaban J connectivity index is 1.51. The normalized spacial score (nSPS) is 17.3. The Morgan fingerprint density at radius 3 is 2.17 bits per heavy atom. The number of aromatic nitrogens is 1. The van der Waals surface area contributed by atoms with Crippen molar-refractivity contribution in [1.29, 1.82) is 0 Å². The van der Waals surface area contributed by atoms with Gasteiger partial charge in [-0.1, -0.05) is 43.2 Å². The minimum absolute atomic E-state index is 0.00753. The van der Waals surface area contributed by atoms with Crippen LogP contribution in [0.15, 0.2) is 66.9 Å². The first kappa shape index (κ1) is 34.0. The summed E-state index contributed by atoms with van der Waals surface area (Å²) < 4.78 is 62.5. The van der Waals surface area contributed by atoms with Crippen molar-refractivity contribution < 1.29 is 31.9 Å². The number of halogens is 4. The highest BCUT2D eigenvalue weighted by atomic mass is 19.4. The van der Waals surface area contributed by atoms with Gasteiger partial charge >= 0.3 is 18.3 Å². The van der Waals surface area contributed by atoms with E-state index in [0.29, 0.717) is 37.8 Å². The van der Waals surface area contributed by atoms with Gasteiger partial charge in [0, 0.05) is 38.6 Å². The third-order valence-electron chi connectivity index (χ3n) is 8.53. The number of nitrogens with one attached hydrogen (secondary N) is 2. The van der Waals surface area contributed by atoms with Crippen molar-refractivity contribution >= 4 is 17.8 Å². The molecule has 3 amide bonds. The van der Waals surface area contributed by atoms with Crippen molar-refractivity contribution in [1.82, 2.24) is 20.5 Å². The van der Waals surface area contributed by atoms with Crippen LogP contribution in [-0.2, 0) is 22.9 Å². The summed E-state index contributed by atoms with van der Waals surface area (Å²) in [4.78, 5) is 34.5. The Morgan fingerprint density at radius 2 is 1.57 bits per heavy atom. The first-order valence-corrected chi connectivity index (χ1v) is 15.9. The van der Waals surface area contributed by atoms with Crippen LogP contribution in [-0.4, -0.2) is 59.8 Å². The van der Waals surface area contributed by atoms with Crippen LogP contribution in [0.25, 0.3) is 0 Å². The molecule has 47 heavy (non-hydrogen) atoms. The number of piperazine rings is 1. The lowest BCUT2D eigenvalue weighted by atomic mass is 9.79. The van der Waals surface area contributed by atoms with Crippen LogP contribution >= 0.6 is 0 Å². The topological polar surface area (TPSA) is 86.8 Å². The first-order valence-electron chi connectivity index (χ1n) is 15.9. The molecular weight excluding hydrogens is 614 g/mol. The van der Waals surface area contributed by atoms with Gasteiger partial charge in [0.25, 0.3) is 0 Å². The molecule has 0 bridgehead atoms. The number of urea groups is 1. The molecule has 1 saturated carbocycles. The zero-order valence-electron chi connectivity index (χ0n) is 26.9. The minimum Gasteiger partial charge on any atom is -0.444 e. The SMILES string of the molecule is CC(C)(C)OC(=O)N1CCN(c2ccc(C(Cc3ccccc3)(NC(=O)NC3CCCC3)c3cc(F)cc(C(F)(F)F)c3)nc2)CC1. The van der Waals surface area contributed by atoms with Gasteiger partial charge in [-0.25, -0.2) is 14.0 Å². The molecule has 1 unspecified atom stereocenters. The maximum absolute atomic E-state index is 15.0. The number of carbonyl (C=O) groups excluding carboxylic acids is 2. The molecule has 2 N–H and O–H groups in total. The number of hydrogen-bond donors (Lipinski definition) is 2. The minimum atomic E-state index is -4.82. The molecule has 8 nitrogen and oxygen atoms in total. The van der Waals surface area contributed by atoms with Crippen molar-refractivity contribution in [2.75, 3.05) is 31.1 Å². The van der Waals surface area contributed by atoms with Gasteiger partial charge in [0.05, 0.1) is 23.1 Å². The van der Waals surface area contributed by atoms with Crippen molar-refractivity contribution in [3.8, 4) is 0 Å². The van der Waals surface area contributed by atoms with Gasteiger partial charge in [-0.3, -0.25) is 4.98 Å². The van der Waals surface area contributed by atoms with E-state index in [1.54, 1.807) is 47.5 Å². The van der Waals surface area contributed by atoms with Crippen molar-refractivity contribution in [3.63, 3.8) is 0 Å². The zero-order chi connectivity index (χ0) is 33.8. The average molecular weight is 656 g/mol. The molecule has 2 aromatic carbocycles. The number of amides is 3. The van der Waals surface area contributed by atoms with E-state index >= 15 is 4.39 Å². The van der Waals surface area contributed by atoms with Gasteiger partial charge in [-0.05, 0) is 75.1 Å². The van der Waals surface area contributed by atoms with Crippen LogP contribution in [0.5, 0.6) is 0 Å². The van der Waals surface area contributed by atoms with E-state index in [1.165, 1.54) is 0 Å². The largest absolute Gasteiger partial charge is 0.444 e. The number of rotatable bonds is 7. The summed E-state index contributed by atoms with van der Waals surface area (Å²) in [5.74, 6) is -1.08. The molecule has 1 atom stereocenters. The van der Waals surface area contributed by atoms with E-state index in [9.17, 15) is 22.8 Å². The van der Waals surface area contributed by atoms with Crippen molar-refractivity contribution in [3.05, 3.63) is 95.1 Å². The maximum Gasteiger partial charge on any atom is 0.416 e. The van der Waals surface area contributed by atoms with E-state index in [2.05, 4.69) is 10.6 Å². The number of pyridine rings is 1. The Labute approximate surface area is 272 Å². The predicted octanol–water partition coefficient (Wildman–Crippen LogP) is 7.02. The van der Waals surface area contributed by atoms with Gasteiger partial charge in [0.2, 0.25) is 0 Å². The van der Waals surface area contributed by atoms with Crippen LogP contribution in [0.4, 0.5) is 32.8 Å². The van der Waals surface area contributed by atoms with Crippen LogP contribution in [0.1, 0.15) is 68.8 Å². The predicted molar refractivity (Wildman–Crippen MR) is 171 cm³/mol. The lowest BCUT2D eigenvalue weighted by Gasteiger charge is -2.38. The van der Waals surface area contributed by atoms with Crippen LogP contribution < -0.4 is 15.5 Å². The number of hydrogen-bond acceptors (Lipinski definition) is 5. The molecule has 252 valence electrons. The maximum atomic E-state index is 15.0. The highest BCUT2D eigenvalue weighted by molar-refractivity contribution is 5.76. The molecule has 12 heteroatoms. The standard InChI is InChI=1S/C35H41F4N5O3/c1-33(2,3)47-32(46)44-17-15-43(16-18-44)29-13-14-30(40-23-29)34(22-24-9-5-4-6-10-24,42-31(45)41-28-11-7-8-12-28)25-19-26(35(37,38)39)21-27(36)20-25/h4-6,9-10,13-14,19-21,23,28H,7-8,11-12,15-18,22H2,1-3H3,(H2,41,42,45). The summed E-state index contributed by atoms with van der Waals surface area (Å²) in [5.41, 5.74) is -1.83. The Kier molecular flexibility index (Phi) is 9.97. The molecule has 0 spiro atoms. The van der Waals surface area contributed by atoms with E-state index in [0.717, 1.165) is 43.5 Å². The number of nitrogens with zero attached hydrogens (tertiary/aromatic N) is 3. The molecule has 5 rings (SSSR count). The average Bonchev–Trinajstić information content (AvgIpc) is 3.53. The van der Waals surface area contributed by atoms with E-state index < -0.39 is 34.7 Å². The Bertz CT molecular complexity index is 1530. The summed E-state index contributed by atoms with van der Waals surface area (Å²) in [5, 5.41) is 5.93. The number of carbonyl (C=O) groups is 2. The Morgan fingerprint density at radius 1 is 0.915 bits per heavy atom. The third kappa shape index (κ3) is 8.52. The molecule has 1 aliphatic heterocycles. The second kappa shape index (κ2) is 13.8. The molecule has 1 aliphatic carbocycles. The molecule has 2 fully saturated rings. The molecule has 0 radical (unpaired) electrons. The highest BCUT2D eigenvalue weighted by Crippen LogP contribution is 2.38. The second-order valence-electron chi connectivity index (χ2n) is 13.2. The molecule has 2 aliphatic rings. The van der Waals surface area contributed by atoms with Gasteiger partial charge in [-0.15, -0.1) is 0 Å². The molecule has 2 heterocycles. The van der Waals surface area contributed by atoms with Crippen LogP contribution in [0.3, 0.4) is 0 Å². The van der Waals surface area contributed by atoms with E-state index in [-0.39, 0.29) is 29.8 Å². The number of ether oxygens (including phenoxy) is 1. The third-order valence-corrected chi connectivity index (χ3v) is 8.53. The monoisotopic (exact) mass is 655 g/mol. The van der Waals surface area contributed by atoms with E-state index in [4.69, 9.17) is 9.72 Å². The summed E-state index contributed by atoms with van der Waals surface area (Å²) in [6, 6.07) is 14.1. The molecule has 1 aromatic heterocycles. The van der Waals surface area contributed by atoms with Crippen LogP contribution in [0.2, 0.25) is 0 Å². The fourth-order valence-electron chi connectivity index (χ4n) is 6.21. The first-order chi connectivity index (χ1) is 22.2. The van der Waals surface area contributed by atoms with Gasteiger partial charge in [0.15, 0.2) is 0 Å². The molecule has 1 saturated heterocycles. The van der Waals surface area contributed by atoms with Gasteiger partial charge in [-0.2, -0.15) is 13.2 Å². The second-order valence-corrected chi connectivity index (χ2v) is 13.2. The lowest BCUT2D eigenvalue weighted by Crippen LogP contribution is -2.54. The summed E-state index contributed by atoms with van der Waals surface area (Å²) in [7, 11) is 0. The fourth-order valence-corrected chi connectivity index (χ4v) is 6.21. The van der Waals surface area contributed by atoms with Gasteiger partial charge < -0.3 is 25.2 Å².